The van der Waals surface area contributed by atoms with Gasteiger partial charge < -0.3 is 4.90 Å². The van der Waals surface area contributed by atoms with Gasteiger partial charge in [0.25, 0.3) is 5.91 Å². The Morgan fingerprint density at radius 2 is 2.12 bits per heavy atom. The molecule has 0 aliphatic carbocycles. The van der Waals surface area contributed by atoms with Gasteiger partial charge >= 0.3 is 0 Å². The minimum atomic E-state index is 0.0636. The summed E-state index contributed by atoms with van der Waals surface area (Å²) >= 11 is 6.96. The van der Waals surface area contributed by atoms with Gasteiger partial charge in [-0.1, -0.05) is 35.0 Å². The van der Waals surface area contributed by atoms with Crippen molar-refractivity contribution in [1.29, 1.82) is 0 Å². The van der Waals surface area contributed by atoms with Crippen molar-refractivity contribution in [2.45, 2.75) is 25.1 Å². The summed E-state index contributed by atoms with van der Waals surface area (Å²) in [6.45, 7) is 4.83. The highest BCUT2D eigenvalue weighted by Crippen LogP contribution is 2.22. The summed E-state index contributed by atoms with van der Waals surface area (Å²) in [5.74, 6) is 0.0636. The zero-order chi connectivity index (χ0) is 13.0. The highest BCUT2D eigenvalue weighted by atomic mass is 79.9. The minimum Gasteiger partial charge on any atom is -0.342 e. The number of halogens is 2. The fourth-order valence-electron chi connectivity index (χ4n) is 1.49. The van der Waals surface area contributed by atoms with Gasteiger partial charge in [-0.3, -0.25) is 4.79 Å². The maximum Gasteiger partial charge on any atom is 0.254 e. The van der Waals surface area contributed by atoms with Crippen molar-refractivity contribution in [1.82, 2.24) is 4.90 Å². The van der Waals surface area contributed by atoms with Crippen LogP contribution in [-0.2, 0) is 0 Å². The Kier molecular flexibility index (Phi) is 5.67. The number of nitrogens with zero attached hydrogens (tertiary/aromatic N) is 1. The molecule has 1 amide bonds. The maximum absolute atomic E-state index is 12.2. The normalized spacial score (nSPS) is 12.3. The van der Waals surface area contributed by atoms with Gasteiger partial charge in [0, 0.05) is 22.9 Å². The fraction of sp³-hybridized carbons (Fsp3) is 0.462. The number of alkyl halides is 1. The van der Waals surface area contributed by atoms with E-state index in [2.05, 4.69) is 38.8 Å². The van der Waals surface area contributed by atoms with E-state index in [0.29, 0.717) is 4.83 Å². The van der Waals surface area contributed by atoms with E-state index in [-0.39, 0.29) is 5.91 Å². The van der Waals surface area contributed by atoms with E-state index in [1.165, 1.54) is 0 Å². The standard InChI is InChI=1S/C13H17Br2NO/c1-9-5-4-6-11(12(9)15)13(17)16(3)8-7-10(2)14/h4-6,10H,7-8H2,1-3H3. The molecule has 1 aromatic rings. The average molecular weight is 363 g/mol. The molecule has 0 radical (unpaired) electrons. The number of hydrogen-bond acceptors (Lipinski definition) is 1. The van der Waals surface area contributed by atoms with Crippen LogP contribution in [0.4, 0.5) is 0 Å². The summed E-state index contributed by atoms with van der Waals surface area (Å²) < 4.78 is 0.892. The van der Waals surface area contributed by atoms with E-state index >= 15 is 0 Å². The third-order valence-corrected chi connectivity index (χ3v) is 4.14. The Hall–Kier alpha value is -0.350. The largest absolute Gasteiger partial charge is 0.342 e. The van der Waals surface area contributed by atoms with Crippen LogP contribution in [-0.4, -0.2) is 29.2 Å². The molecule has 1 aromatic carbocycles. The predicted molar refractivity (Wildman–Crippen MR) is 78.8 cm³/mol. The Morgan fingerprint density at radius 3 is 2.71 bits per heavy atom. The van der Waals surface area contributed by atoms with E-state index in [4.69, 9.17) is 0 Å². The lowest BCUT2D eigenvalue weighted by atomic mass is 10.1. The summed E-state index contributed by atoms with van der Waals surface area (Å²) in [5, 5.41) is 0. The third-order valence-electron chi connectivity index (χ3n) is 2.63. The first kappa shape index (κ1) is 14.7. The summed E-state index contributed by atoms with van der Waals surface area (Å²) in [7, 11) is 1.84. The molecular weight excluding hydrogens is 346 g/mol. The van der Waals surface area contributed by atoms with Gasteiger partial charge in [0.05, 0.1) is 5.56 Å². The number of rotatable bonds is 4. The topological polar surface area (TPSA) is 20.3 Å². The molecular formula is C13H17Br2NO. The van der Waals surface area contributed by atoms with Crippen LogP contribution in [0.3, 0.4) is 0 Å². The van der Waals surface area contributed by atoms with Crippen LogP contribution >= 0.6 is 31.9 Å². The molecule has 1 unspecified atom stereocenters. The fourth-order valence-corrected chi connectivity index (χ4v) is 2.13. The number of benzene rings is 1. The van der Waals surface area contributed by atoms with Crippen LogP contribution in [0.1, 0.15) is 29.3 Å². The van der Waals surface area contributed by atoms with E-state index in [1.807, 2.05) is 32.2 Å². The Bertz CT molecular complexity index is 404. The maximum atomic E-state index is 12.2. The molecule has 0 fully saturated rings. The minimum absolute atomic E-state index is 0.0636. The van der Waals surface area contributed by atoms with Crippen LogP contribution in [0.5, 0.6) is 0 Å². The third kappa shape index (κ3) is 4.11. The van der Waals surface area contributed by atoms with E-state index in [1.54, 1.807) is 4.90 Å². The molecule has 1 atom stereocenters. The Morgan fingerprint density at radius 1 is 1.47 bits per heavy atom. The molecule has 94 valence electrons. The van der Waals surface area contributed by atoms with Crippen molar-refractivity contribution in [3.8, 4) is 0 Å². The molecule has 0 saturated heterocycles. The number of carbonyl (C=O) groups is 1. The lowest BCUT2D eigenvalue weighted by Gasteiger charge is -2.19. The number of carbonyl (C=O) groups excluding carboxylic acids is 1. The molecule has 0 aliphatic rings. The zero-order valence-corrected chi connectivity index (χ0v) is 13.5. The van der Waals surface area contributed by atoms with Gasteiger partial charge in [-0.25, -0.2) is 0 Å². The molecule has 0 heterocycles. The van der Waals surface area contributed by atoms with Gasteiger partial charge in [0.1, 0.15) is 0 Å². The average Bonchev–Trinajstić information content (AvgIpc) is 2.28. The highest BCUT2D eigenvalue weighted by molar-refractivity contribution is 9.10. The first-order valence-electron chi connectivity index (χ1n) is 5.58. The van der Waals surface area contributed by atoms with Gasteiger partial charge in [-0.2, -0.15) is 0 Å². The second kappa shape index (κ2) is 6.55. The molecule has 0 aliphatic heterocycles. The SMILES string of the molecule is Cc1cccc(C(=O)N(C)CCC(C)Br)c1Br. The predicted octanol–water partition coefficient (Wildman–Crippen LogP) is 4.00. The van der Waals surface area contributed by atoms with Crippen molar-refractivity contribution >= 4 is 37.8 Å². The van der Waals surface area contributed by atoms with Crippen LogP contribution in [0.2, 0.25) is 0 Å². The summed E-state index contributed by atoms with van der Waals surface area (Å²) in [5.41, 5.74) is 1.81. The molecule has 0 N–H and O–H groups in total. The molecule has 0 saturated carbocycles. The highest BCUT2D eigenvalue weighted by Gasteiger charge is 2.15. The van der Waals surface area contributed by atoms with Crippen molar-refractivity contribution in [3.63, 3.8) is 0 Å². The molecule has 0 aromatic heterocycles. The van der Waals surface area contributed by atoms with Gasteiger partial charge in [-0.15, -0.1) is 0 Å². The van der Waals surface area contributed by atoms with Gasteiger partial charge in [0.2, 0.25) is 0 Å². The molecule has 4 heteroatoms. The zero-order valence-electron chi connectivity index (χ0n) is 10.3. The van der Waals surface area contributed by atoms with E-state index < -0.39 is 0 Å². The lowest BCUT2D eigenvalue weighted by Crippen LogP contribution is -2.29. The quantitative estimate of drug-likeness (QED) is 0.741. The summed E-state index contributed by atoms with van der Waals surface area (Å²) in [6.07, 6.45) is 0.950. The molecule has 1 rings (SSSR count). The van der Waals surface area contributed by atoms with Crippen LogP contribution < -0.4 is 0 Å². The molecule has 0 spiro atoms. The first-order chi connectivity index (χ1) is 7.93. The number of amides is 1. The molecule has 0 bridgehead atoms. The second-order valence-corrected chi connectivity index (χ2v) is 6.59. The monoisotopic (exact) mass is 361 g/mol. The van der Waals surface area contributed by atoms with Crippen molar-refractivity contribution < 1.29 is 4.79 Å². The first-order valence-corrected chi connectivity index (χ1v) is 7.29. The van der Waals surface area contributed by atoms with Crippen molar-refractivity contribution in [2.75, 3.05) is 13.6 Å². The summed E-state index contributed by atoms with van der Waals surface area (Å²) in [6, 6.07) is 5.75. The van der Waals surface area contributed by atoms with Crippen LogP contribution in [0.25, 0.3) is 0 Å². The van der Waals surface area contributed by atoms with Gasteiger partial charge in [0.15, 0.2) is 0 Å². The van der Waals surface area contributed by atoms with Crippen LogP contribution in [0.15, 0.2) is 22.7 Å². The van der Waals surface area contributed by atoms with Crippen molar-refractivity contribution in [3.05, 3.63) is 33.8 Å². The lowest BCUT2D eigenvalue weighted by molar-refractivity contribution is 0.0793. The molecule has 2 nitrogen and oxygen atoms in total. The Labute approximate surface area is 120 Å². The van der Waals surface area contributed by atoms with Crippen LogP contribution in [0, 0.1) is 6.92 Å². The van der Waals surface area contributed by atoms with E-state index in [0.717, 1.165) is 28.6 Å². The number of hydrogen-bond donors (Lipinski definition) is 0. The Balaban J connectivity index is 2.78. The summed E-state index contributed by atoms with van der Waals surface area (Å²) in [4.78, 5) is 14.4. The smallest absolute Gasteiger partial charge is 0.254 e. The second-order valence-electron chi connectivity index (χ2n) is 4.23. The van der Waals surface area contributed by atoms with Crippen molar-refractivity contribution in [2.24, 2.45) is 0 Å². The van der Waals surface area contributed by atoms with E-state index in [9.17, 15) is 4.79 Å². The number of aryl methyl sites for hydroxylation is 1. The molecule has 17 heavy (non-hydrogen) atoms. The van der Waals surface area contributed by atoms with Gasteiger partial charge in [-0.05, 0) is 40.9 Å².